The number of carbonyl (C=O) groups excluding carboxylic acids is 1. The number of hydrogen-bond donors (Lipinski definition) is 0. The first-order valence-corrected chi connectivity index (χ1v) is 5.25. The highest BCUT2D eigenvalue weighted by molar-refractivity contribution is 5.99. The SMILES string of the molecule is CCC(OC)C(=O)c1ccc(F)c(C(F)(F)F)c1. The summed E-state index contributed by atoms with van der Waals surface area (Å²) in [5, 5.41) is 0. The van der Waals surface area contributed by atoms with Crippen LogP contribution in [-0.2, 0) is 10.9 Å². The maximum atomic E-state index is 13.0. The molecule has 1 unspecified atom stereocenters. The number of hydrogen-bond acceptors (Lipinski definition) is 2. The van der Waals surface area contributed by atoms with E-state index in [1.165, 1.54) is 7.11 Å². The molecule has 1 atom stereocenters. The number of Topliss-reactive ketones (excluding diaryl/α,β-unsaturated/α-hetero) is 1. The Balaban J connectivity index is 3.17. The third-order valence-electron chi connectivity index (χ3n) is 2.50. The maximum absolute atomic E-state index is 13.0. The summed E-state index contributed by atoms with van der Waals surface area (Å²) in [7, 11) is 1.29. The molecule has 0 bridgehead atoms. The first-order valence-electron chi connectivity index (χ1n) is 5.25. The fraction of sp³-hybridized carbons (Fsp3) is 0.417. The molecular weight excluding hydrogens is 252 g/mol. The Morgan fingerprint density at radius 1 is 1.39 bits per heavy atom. The van der Waals surface area contributed by atoms with E-state index in [0.29, 0.717) is 18.6 Å². The third-order valence-corrected chi connectivity index (χ3v) is 2.50. The molecule has 0 saturated heterocycles. The molecule has 0 N–H and O–H groups in total. The molecule has 2 nitrogen and oxygen atoms in total. The lowest BCUT2D eigenvalue weighted by Crippen LogP contribution is -2.23. The lowest BCUT2D eigenvalue weighted by molar-refractivity contribution is -0.140. The molecule has 0 heterocycles. The van der Waals surface area contributed by atoms with Crippen LogP contribution in [0.4, 0.5) is 17.6 Å². The van der Waals surface area contributed by atoms with Gasteiger partial charge in [0, 0.05) is 12.7 Å². The van der Waals surface area contributed by atoms with E-state index in [-0.39, 0.29) is 5.56 Å². The summed E-state index contributed by atoms with van der Waals surface area (Å²) in [6.07, 6.45) is -5.32. The quantitative estimate of drug-likeness (QED) is 0.615. The molecule has 0 fully saturated rings. The second kappa shape index (κ2) is 5.48. The number of ether oxygens (including phenoxy) is 1. The zero-order chi connectivity index (χ0) is 13.9. The van der Waals surface area contributed by atoms with Crippen LogP contribution in [0.1, 0.15) is 29.3 Å². The molecule has 1 aromatic rings. The molecular formula is C12H12F4O2. The molecule has 0 saturated carbocycles. The van der Waals surface area contributed by atoms with Crippen LogP contribution in [0, 0.1) is 5.82 Å². The minimum Gasteiger partial charge on any atom is -0.373 e. The largest absolute Gasteiger partial charge is 0.419 e. The fourth-order valence-electron chi connectivity index (χ4n) is 1.54. The van der Waals surface area contributed by atoms with Gasteiger partial charge < -0.3 is 4.74 Å². The first-order chi connectivity index (χ1) is 8.31. The molecule has 0 aliphatic rings. The van der Waals surface area contributed by atoms with Crippen molar-refractivity contribution in [1.82, 2.24) is 0 Å². The topological polar surface area (TPSA) is 26.3 Å². The van der Waals surface area contributed by atoms with Crippen LogP contribution < -0.4 is 0 Å². The van der Waals surface area contributed by atoms with Gasteiger partial charge in [0.15, 0.2) is 5.78 Å². The van der Waals surface area contributed by atoms with Gasteiger partial charge in [-0.2, -0.15) is 13.2 Å². The van der Waals surface area contributed by atoms with E-state index in [1.807, 2.05) is 0 Å². The average molecular weight is 264 g/mol. The Morgan fingerprint density at radius 2 is 2.00 bits per heavy atom. The van der Waals surface area contributed by atoms with E-state index in [4.69, 9.17) is 4.74 Å². The molecule has 0 amide bonds. The molecule has 100 valence electrons. The van der Waals surface area contributed by atoms with Crippen molar-refractivity contribution in [2.45, 2.75) is 25.6 Å². The maximum Gasteiger partial charge on any atom is 0.419 e. The van der Waals surface area contributed by atoms with Crippen molar-refractivity contribution in [1.29, 1.82) is 0 Å². The highest BCUT2D eigenvalue weighted by Gasteiger charge is 2.35. The van der Waals surface area contributed by atoms with Gasteiger partial charge in [-0.25, -0.2) is 4.39 Å². The summed E-state index contributed by atoms with van der Waals surface area (Å²) in [6.45, 7) is 1.67. The lowest BCUT2D eigenvalue weighted by atomic mass is 10.0. The minimum absolute atomic E-state index is 0.211. The lowest BCUT2D eigenvalue weighted by Gasteiger charge is -2.13. The molecule has 0 aliphatic carbocycles. The summed E-state index contributed by atoms with van der Waals surface area (Å²) in [5.74, 6) is -1.99. The predicted octanol–water partition coefficient (Wildman–Crippen LogP) is 3.45. The molecule has 0 aromatic heterocycles. The number of halogens is 4. The summed E-state index contributed by atoms with van der Waals surface area (Å²) in [5.41, 5.74) is -1.66. The number of alkyl halides is 3. The minimum atomic E-state index is -4.82. The molecule has 1 aromatic carbocycles. The highest BCUT2D eigenvalue weighted by Crippen LogP contribution is 2.32. The fourth-order valence-corrected chi connectivity index (χ4v) is 1.54. The molecule has 0 spiro atoms. The highest BCUT2D eigenvalue weighted by atomic mass is 19.4. The summed E-state index contributed by atoms with van der Waals surface area (Å²) >= 11 is 0. The standard InChI is InChI=1S/C12H12F4O2/c1-3-10(18-2)11(17)7-4-5-9(13)8(6-7)12(14,15)16/h4-6,10H,3H2,1-2H3. The zero-order valence-electron chi connectivity index (χ0n) is 9.84. The Morgan fingerprint density at radius 3 is 2.44 bits per heavy atom. The van der Waals surface area contributed by atoms with Gasteiger partial charge in [-0.15, -0.1) is 0 Å². The van der Waals surface area contributed by atoms with Crippen LogP contribution in [0.2, 0.25) is 0 Å². The summed E-state index contributed by atoms with van der Waals surface area (Å²) in [4.78, 5) is 11.8. The Bertz CT molecular complexity index is 436. The second-order valence-corrected chi connectivity index (χ2v) is 3.69. The van der Waals surface area contributed by atoms with Crippen LogP contribution >= 0.6 is 0 Å². The smallest absolute Gasteiger partial charge is 0.373 e. The Hall–Kier alpha value is -1.43. The van der Waals surface area contributed by atoms with Gasteiger partial charge >= 0.3 is 6.18 Å². The van der Waals surface area contributed by atoms with Crippen LogP contribution in [0.25, 0.3) is 0 Å². The van der Waals surface area contributed by atoms with Gasteiger partial charge in [0.1, 0.15) is 11.9 Å². The van der Waals surface area contributed by atoms with Crippen LogP contribution in [0.3, 0.4) is 0 Å². The first kappa shape index (κ1) is 14.6. The van der Waals surface area contributed by atoms with Crippen molar-refractivity contribution < 1.29 is 27.1 Å². The summed E-state index contributed by atoms with van der Waals surface area (Å²) in [6, 6.07) is 2.17. The van der Waals surface area contributed by atoms with Gasteiger partial charge in [0.25, 0.3) is 0 Å². The van der Waals surface area contributed by atoms with E-state index in [2.05, 4.69) is 0 Å². The number of rotatable bonds is 4. The van der Waals surface area contributed by atoms with Crippen LogP contribution in [0.15, 0.2) is 18.2 Å². The van der Waals surface area contributed by atoms with Gasteiger partial charge in [-0.05, 0) is 24.6 Å². The van der Waals surface area contributed by atoms with Crippen molar-refractivity contribution in [3.05, 3.63) is 35.1 Å². The molecule has 6 heteroatoms. The molecule has 1 rings (SSSR count). The molecule has 0 aliphatic heterocycles. The molecule has 0 radical (unpaired) electrons. The number of ketones is 1. The van der Waals surface area contributed by atoms with Crippen molar-refractivity contribution in [2.75, 3.05) is 7.11 Å². The normalized spacial score (nSPS) is 13.4. The predicted molar refractivity (Wildman–Crippen MR) is 56.8 cm³/mol. The van der Waals surface area contributed by atoms with Crippen molar-refractivity contribution in [3.63, 3.8) is 0 Å². The monoisotopic (exact) mass is 264 g/mol. The Labute approximate surface area is 102 Å². The van der Waals surface area contributed by atoms with E-state index in [0.717, 1.165) is 6.07 Å². The van der Waals surface area contributed by atoms with Crippen LogP contribution in [-0.4, -0.2) is 19.0 Å². The number of methoxy groups -OCH3 is 1. The van der Waals surface area contributed by atoms with Gasteiger partial charge in [-0.1, -0.05) is 6.92 Å². The Kier molecular flexibility index (Phi) is 4.45. The van der Waals surface area contributed by atoms with Crippen molar-refractivity contribution in [2.24, 2.45) is 0 Å². The van der Waals surface area contributed by atoms with Crippen molar-refractivity contribution in [3.8, 4) is 0 Å². The van der Waals surface area contributed by atoms with Gasteiger partial charge in [-0.3, -0.25) is 4.79 Å². The third kappa shape index (κ3) is 3.07. The number of carbonyl (C=O) groups is 1. The van der Waals surface area contributed by atoms with Crippen molar-refractivity contribution >= 4 is 5.78 Å². The van der Waals surface area contributed by atoms with E-state index in [1.54, 1.807) is 6.92 Å². The average Bonchev–Trinajstić information content (AvgIpc) is 2.29. The number of benzene rings is 1. The summed E-state index contributed by atoms with van der Waals surface area (Å²) < 4.78 is 55.3. The van der Waals surface area contributed by atoms with Gasteiger partial charge in [0.05, 0.1) is 5.56 Å². The van der Waals surface area contributed by atoms with Gasteiger partial charge in [0.2, 0.25) is 0 Å². The van der Waals surface area contributed by atoms with E-state index in [9.17, 15) is 22.4 Å². The van der Waals surface area contributed by atoms with Crippen LogP contribution in [0.5, 0.6) is 0 Å². The van der Waals surface area contributed by atoms with E-state index < -0.39 is 29.4 Å². The van der Waals surface area contributed by atoms with E-state index >= 15 is 0 Å². The molecule has 18 heavy (non-hydrogen) atoms. The zero-order valence-corrected chi connectivity index (χ0v) is 9.84. The second-order valence-electron chi connectivity index (χ2n) is 3.69.